The lowest BCUT2D eigenvalue weighted by Gasteiger charge is -2.44. The molecule has 3 aliphatic rings. The normalized spacial score (nSPS) is 21.6. The smallest absolute Gasteiger partial charge is 0.324 e. The van der Waals surface area contributed by atoms with Crippen LogP contribution < -0.4 is 10.2 Å². The number of carboxylic acid groups (broad SMARTS) is 1. The van der Waals surface area contributed by atoms with Crippen molar-refractivity contribution in [3.8, 4) is 0 Å². The molecular weight excluding hydrogens is 647 g/mol. The molecule has 3 aliphatic heterocycles. The maximum absolute atomic E-state index is 14.1. The average Bonchev–Trinajstić information content (AvgIpc) is 3.71. The van der Waals surface area contributed by atoms with Gasteiger partial charge in [0.05, 0.1) is 25.3 Å². The number of anilines is 1. The molecule has 6 rings (SSSR count). The first-order valence-corrected chi connectivity index (χ1v) is 16.6. The number of aliphatic carboxylic acids is 1. The number of amidine groups is 1. The van der Waals surface area contributed by atoms with Crippen molar-refractivity contribution in [2.75, 3.05) is 58.5 Å². The van der Waals surface area contributed by atoms with Crippen molar-refractivity contribution < 1.29 is 28.6 Å². The van der Waals surface area contributed by atoms with Crippen molar-refractivity contribution in [3.63, 3.8) is 0 Å². The molecule has 11 nitrogen and oxygen atoms in total. The number of nitrogens with one attached hydrogen (secondary N) is 1. The van der Waals surface area contributed by atoms with E-state index >= 15 is 0 Å². The number of methoxy groups -OCH3 is 2. The lowest BCUT2D eigenvalue weighted by atomic mass is 9.95. The molecule has 2 fully saturated rings. The first-order valence-electron chi connectivity index (χ1n) is 15.3. The van der Waals surface area contributed by atoms with Gasteiger partial charge in [0, 0.05) is 80.4 Å². The third-order valence-corrected chi connectivity index (χ3v) is 9.91. The number of rotatable bonds is 12. The Morgan fingerprint density at radius 2 is 1.98 bits per heavy atom. The molecule has 248 valence electrons. The fourth-order valence-electron chi connectivity index (χ4n) is 6.51. The maximum atomic E-state index is 14.1. The van der Waals surface area contributed by atoms with Gasteiger partial charge in [0.15, 0.2) is 10.8 Å². The summed E-state index contributed by atoms with van der Waals surface area (Å²) < 4.78 is 25.5. The number of aliphatic imine (C=N–C) groups is 1. The number of aromatic nitrogens is 1. The van der Waals surface area contributed by atoms with Gasteiger partial charge in [0.1, 0.15) is 11.9 Å². The van der Waals surface area contributed by atoms with E-state index in [0.717, 1.165) is 22.5 Å². The van der Waals surface area contributed by atoms with Gasteiger partial charge in [-0.3, -0.25) is 19.6 Å². The van der Waals surface area contributed by atoms with E-state index in [4.69, 9.17) is 31.2 Å². The first kappa shape index (κ1) is 33.0. The largest absolute Gasteiger partial charge is 0.481 e. The fourth-order valence-corrected chi connectivity index (χ4v) is 7.37. The van der Waals surface area contributed by atoms with E-state index in [1.807, 2.05) is 34.5 Å². The molecule has 14 heteroatoms. The van der Waals surface area contributed by atoms with Crippen molar-refractivity contribution in [1.29, 1.82) is 0 Å². The highest BCUT2D eigenvalue weighted by Gasteiger charge is 2.47. The number of benzene rings is 2. The van der Waals surface area contributed by atoms with E-state index in [1.54, 1.807) is 31.4 Å². The summed E-state index contributed by atoms with van der Waals surface area (Å²) in [5.74, 6) is -0.676. The summed E-state index contributed by atoms with van der Waals surface area (Å²) in [5, 5.41) is 15.4. The third-order valence-electron chi connectivity index (χ3n) is 8.80. The predicted octanol–water partition coefficient (Wildman–Crippen LogP) is 4.59. The molecule has 2 N–H and O–H groups in total. The second-order valence-electron chi connectivity index (χ2n) is 11.7. The molecule has 2 amide bonds. The summed E-state index contributed by atoms with van der Waals surface area (Å²) in [5.41, 5.74) is 4.09. The molecule has 4 heterocycles. The summed E-state index contributed by atoms with van der Waals surface area (Å²) in [4.78, 5) is 40.2. The maximum Gasteiger partial charge on any atom is 0.324 e. The number of ether oxygens (including phenoxy) is 2. The van der Waals surface area contributed by atoms with Crippen LogP contribution in [-0.2, 0) is 20.7 Å². The lowest BCUT2D eigenvalue weighted by Crippen LogP contribution is -2.61. The standard InChI is InChI=1S/C33H36ClFN6O5S/c1-45-18-24-26(37-31(32-36-11-14-47-32)38-30(24)23-9-6-21(35)15-25(23)34)16-39-12-13-40-27(28(39)19-46-2)17-41(33(40)44)22-7-3-20(4-8-22)5-10-29(42)43/h3-4,6-9,11,14-15,27-28,30H,5,10,12-13,16-19H2,1-2H3,(H,37,38)(H,42,43)/t27-,28-,30-/m0/s1. The van der Waals surface area contributed by atoms with Gasteiger partial charge in [0.2, 0.25) is 0 Å². The van der Waals surface area contributed by atoms with E-state index in [-0.39, 0.29) is 36.2 Å². The number of hydrogen-bond acceptors (Lipinski definition) is 9. The van der Waals surface area contributed by atoms with Crippen LogP contribution in [0.5, 0.6) is 0 Å². The molecule has 2 aromatic carbocycles. The second-order valence-corrected chi connectivity index (χ2v) is 13.0. The van der Waals surface area contributed by atoms with E-state index in [9.17, 15) is 14.0 Å². The Morgan fingerprint density at radius 1 is 1.17 bits per heavy atom. The SMILES string of the molecule is COCC1=C(CN2CCN3C(=O)N(c4ccc(CCC(=O)O)cc4)C[C@H]3[C@@H]2COC)NC(c2nccs2)=N[C@H]1c1ccc(F)cc1Cl. The first-order chi connectivity index (χ1) is 22.8. The molecular formula is C33H36ClFN6O5S. The Hall–Kier alpha value is -3.88. The highest BCUT2D eigenvalue weighted by Crippen LogP contribution is 2.37. The monoisotopic (exact) mass is 682 g/mol. The van der Waals surface area contributed by atoms with Gasteiger partial charge < -0.3 is 24.8 Å². The van der Waals surface area contributed by atoms with Crippen LogP contribution in [0.25, 0.3) is 0 Å². The van der Waals surface area contributed by atoms with E-state index < -0.39 is 17.8 Å². The minimum absolute atomic E-state index is 0.0542. The quantitative estimate of drug-likeness (QED) is 0.285. The van der Waals surface area contributed by atoms with Gasteiger partial charge in [-0.2, -0.15) is 0 Å². The van der Waals surface area contributed by atoms with Crippen LogP contribution >= 0.6 is 22.9 Å². The summed E-state index contributed by atoms with van der Waals surface area (Å²) in [7, 11) is 3.29. The number of nitrogens with zero attached hydrogens (tertiary/aromatic N) is 5. The van der Waals surface area contributed by atoms with Gasteiger partial charge in [-0.25, -0.2) is 14.2 Å². The minimum Gasteiger partial charge on any atom is -0.481 e. The molecule has 3 aromatic rings. The fraction of sp³-hybridized carbons (Fsp3) is 0.394. The van der Waals surface area contributed by atoms with Crippen molar-refractivity contribution in [3.05, 3.63) is 92.3 Å². The highest BCUT2D eigenvalue weighted by molar-refractivity contribution is 7.11. The number of aryl methyl sites for hydroxylation is 1. The van der Waals surface area contributed by atoms with E-state index in [1.165, 1.54) is 23.5 Å². The Bertz CT molecular complexity index is 1670. The number of amides is 2. The zero-order valence-electron chi connectivity index (χ0n) is 26.1. The number of fused-ring (bicyclic) bond motifs is 1. The van der Waals surface area contributed by atoms with Crippen LogP contribution in [0.3, 0.4) is 0 Å². The predicted molar refractivity (Wildman–Crippen MR) is 178 cm³/mol. The van der Waals surface area contributed by atoms with Crippen molar-refractivity contribution in [2.24, 2.45) is 4.99 Å². The molecule has 47 heavy (non-hydrogen) atoms. The molecule has 3 atom stereocenters. The highest BCUT2D eigenvalue weighted by atomic mass is 35.5. The summed E-state index contributed by atoms with van der Waals surface area (Å²) >= 11 is 8.04. The number of piperazine rings is 1. The third kappa shape index (κ3) is 7.04. The van der Waals surface area contributed by atoms with Crippen LogP contribution in [0.1, 0.15) is 28.6 Å². The molecule has 2 saturated heterocycles. The number of carbonyl (C=O) groups excluding carboxylic acids is 1. The molecule has 0 spiro atoms. The van der Waals surface area contributed by atoms with Crippen LogP contribution in [0.2, 0.25) is 5.02 Å². The number of thiazole rings is 1. The molecule has 0 radical (unpaired) electrons. The summed E-state index contributed by atoms with van der Waals surface area (Å²) in [6, 6.07) is 11.0. The topological polar surface area (TPSA) is 120 Å². The van der Waals surface area contributed by atoms with Crippen LogP contribution in [0, 0.1) is 5.82 Å². The number of halogens is 2. The van der Waals surface area contributed by atoms with Crippen molar-refractivity contribution >= 4 is 46.5 Å². The van der Waals surface area contributed by atoms with E-state index in [2.05, 4.69) is 15.2 Å². The van der Waals surface area contributed by atoms with Gasteiger partial charge >= 0.3 is 12.0 Å². The van der Waals surface area contributed by atoms with Crippen LogP contribution in [0.15, 0.2) is 70.3 Å². The van der Waals surface area contributed by atoms with Crippen LogP contribution in [0.4, 0.5) is 14.9 Å². The Balaban J connectivity index is 1.28. The lowest BCUT2D eigenvalue weighted by molar-refractivity contribution is -0.136. The number of hydrogen-bond donors (Lipinski definition) is 2. The summed E-state index contributed by atoms with van der Waals surface area (Å²) in [6.07, 6.45) is 2.21. The zero-order chi connectivity index (χ0) is 33.1. The van der Waals surface area contributed by atoms with Gasteiger partial charge in [0.25, 0.3) is 0 Å². The van der Waals surface area contributed by atoms with Crippen LogP contribution in [-0.4, -0.2) is 103 Å². The number of carbonyl (C=O) groups is 2. The number of carboxylic acids is 1. The minimum atomic E-state index is -0.843. The Morgan fingerprint density at radius 3 is 2.66 bits per heavy atom. The molecule has 0 unspecified atom stereocenters. The summed E-state index contributed by atoms with van der Waals surface area (Å²) in [6.45, 7) is 2.78. The zero-order valence-corrected chi connectivity index (χ0v) is 27.6. The molecule has 1 aromatic heterocycles. The van der Waals surface area contributed by atoms with Gasteiger partial charge in [-0.1, -0.05) is 29.8 Å². The van der Waals surface area contributed by atoms with Crippen molar-refractivity contribution in [1.82, 2.24) is 20.1 Å². The Labute approximate surface area is 281 Å². The van der Waals surface area contributed by atoms with Gasteiger partial charge in [-0.15, -0.1) is 11.3 Å². The second kappa shape index (κ2) is 14.5. The molecule has 0 saturated carbocycles. The van der Waals surface area contributed by atoms with E-state index in [0.29, 0.717) is 55.6 Å². The molecule has 0 aliphatic carbocycles. The van der Waals surface area contributed by atoms with Crippen molar-refractivity contribution in [2.45, 2.75) is 31.0 Å². The number of urea groups is 1. The molecule has 0 bridgehead atoms. The van der Waals surface area contributed by atoms with Gasteiger partial charge in [-0.05, 0) is 41.8 Å². The average molecular weight is 683 g/mol. The Kier molecular flexibility index (Phi) is 10.2.